The fraction of sp³-hybridized carbons (Fsp3) is 0.250. The summed E-state index contributed by atoms with van der Waals surface area (Å²) >= 11 is 0. The summed E-state index contributed by atoms with van der Waals surface area (Å²) in [6, 6.07) is 9.68. The molecular weight excluding hydrogens is 754 g/mol. The number of alkyl halides is 3. The molecule has 0 aliphatic rings. The van der Waals surface area contributed by atoms with Crippen LogP contribution in [-0.2, 0) is 28.9 Å². The number of hydrogen-bond acceptors (Lipinski definition) is 11. The van der Waals surface area contributed by atoms with Crippen LogP contribution >= 0.6 is 0 Å². The van der Waals surface area contributed by atoms with Crippen molar-refractivity contribution in [2.75, 3.05) is 0 Å². The number of benzene rings is 2. The van der Waals surface area contributed by atoms with Crippen LogP contribution in [0, 0.1) is 48.5 Å². The van der Waals surface area contributed by atoms with Crippen LogP contribution in [0.1, 0.15) is 56.4 Å². The number of carboxylic acid groups (broad SMARTS) is 1. The van der Waals surface area contributed by atoms with Crippen LogP contribution in [0.5, 0.6) is 0 Å². The number of halogens is 3. The summed E-state index contributed by atoms with van der Waals surface area (Å²) in [4.78, 5) is 47.2. The number of nitrogens with one attached hydrogen (secondary N) is 1. The monoisotopic (exact) mass is 796 g/mol. The molecule has 6 aromatic rings. The Balaban J connectivity index is 0.000000212. The predicted molar refractivity (Wildman–Crippen MR) is 211 cm³/mol. The van der Waals surface area contributed by atoms with E-state index in [1.807, 2.05) is 53.7 Å². The van der Waals surface area contributed by atoms with E-state index in [9.17, 15) is 22.8 Å². The largest absolute Gasteiger partial charge is 0.478 e. The average molecular weight is 797 g/mol. The second-order valence-corrected chi connectivity index (χ2v) is 13.0. The number of hydrogen-bond donors (Lipinski definition) is 3. The highest BCUT2D eigenvalue weighted by molar-refractivity contribution is 5.90. The molecule has 0 radical (unpaired) electrons. The number of aromatic nitrogens is 10. The molecule has 4 N–H and O–H groups in total. The van der Waals surface area contributed by atoms with Gasteiger partial charge >= 0.3 is 12.1 Å². The van der Waals surface area contributed by atoms with Crippen molar-refractivity contribution in [3.63, 3.8) is 0 Å². The predicted octanol–water partition coefficient (Wildman–Crippen LogP) is 6.14. The van der Waals surface area contributed by atoms with Crippen molar-refractivity contribution in [3.8, 4) is 22.8 Å². The van der Waals surface area contributed by atoms with Crippen LogP contribution in [0.2, 0.25) is 0 Å². The van der Waals surface area contributed by atoms with Gasteiger partial charge in [0.1, 0.15) is 24.3 Å². The fourth-order valence-electron chi connectivity index (χ4n) is 5.25. The van der Waals surface area contributed by atoms with Crippen molar-refractivity contribution in [1.82, 2.24) is 54.8 Å². The molecule has 6 rings (SSSR count). The maximum Gasteiger partial charge on any atom is 0.416 e. The molecule has 58 heavy (non-hydrogen) atoms. The summed E-state index contributed by atoms with van der Waals surface area (Å²) < 4.78 is 40.9. The second kappa shape index (κ2) is 19.8. The highest BCUT2D eigenvalue weighted by atomic mass is 19.4. The van der Waals surface area contributed by atoms with Crippen LogP contribution in [0.3, 0.4) is 0 Å². The average Bonchev–Trinajstić information content (AvgIpc) is 3.83. The maximum atomic E-state index is 12.8. The lowest BCUT2D eigenvalue weighted by atomic mass is 10.1. The molecule has 4 aromatic heterocycles. The summed E-state index contributed by atoms with van der Waals surface area (Å²) in [5.41, 5.74) is 12.3. The van der Waals surface area contributed by atoms with Gasteiger partial charge < -0.3 is 16.2 Å². The van der Waals surface area contributed by atoms with Gasteiger partial charge in [0.05, 0.1) is 5.56 Å². The Morgan fingerprint density at radius 3 is 1.67 bits per heavy atom. The molecule has 0 aliphatic carbocycles. The number of nitrogens with zero attached hydrogens (tertiary/aromatic N) is 10. The number of rotatable bonds is 9. The van der Waals surface area contributed by atoms with Gasteiger partial charge in [0.15, 0.2) is 11.6 Å². The smallest absolute Gasteiger partial charge is 0.416 e. The van der Waals surface area contributed by atoms with Crippen molar-refractivity contribution >= 4 is 24.3 Å². The molecule has 0 spiro atoms. The number of carboxylic acids is 1. The van der Waals surface area contributed by atoms with Gasteiger partial charge in [0.25, 0.3) is 0 Å². The number of aryl methyl sites for hydroxylation is 7. The first-order valence-electron chi connectivity index (χ1n) is 17.7. The van der Waals surface area contributed by atoms with Crippen molar-refractivity contribution in [2.45, 2.75) is 67.7 Å². The molecule has 2 aromatic carbocycles. The first-order chi connectivity index (χ1) is 27.4. The Bertz CT molecular complexity index is 2420. The summed E-state index contributed by atoms with van der Waals surface area (Å²) in [5.74, 6) is 0.835. The standard InChI is InChI=1S/C20H22N6O.C13H10F3N3O2.C7H11N3/c1-13-7-14(2)9-17(8-13)20-23-12-26(25-20)6-5-19(27)22-11-18-10-21-16(4)24-15(18)3;1-8-4-9(6-10(5-8)13(14,15)16)12-17-7-19(18-12)3-2-11(20)21;1-5-7(3-8)4-9-6(2)10-5/h5-10,12H,11H2,1-4H3,(H,22,27);2-7H,1H3,(H,20,21);4H,3,8H2,1-2H3/b6-5-;3-2-;. The van der Waals surface area contributed by atoms with E-state index in [1.54, 1.807) is 31.8 Å². The first-order valence-corrected chi connectivity index (χ1v) is 17.7. The Hall–Kier alpha value is -6.95. The van der Waals surface area contributed by atoms with Crippen molar-refractivity contribution < 1.29 is 27.9 Å². The van der Waals surface area contributed by atoms with Crippen LogP contribution in [-0.4, -0.2) is 66.4 Å². The molecule has 0 saturated carbocycles. The van der Waals surface area contributed by atoms with E-state index in [4.69, 9.17) is 10.8 Å². The van der Waals surface area contributed by atoms with Crippen LogP contribution in [0.25, 0.3) is 35.2 Å². The quantitative estimate of drug-likeness (QED) is 0.141. The Morgan fingerprint density at radius 1 is 0.707 bits per heavy atom. The van der Waals surface area contributed by atoms with E-state index in [-0.39, 0.29) is 17.3 Å². The molecule has 15 nitrogen and oxygen atoms in total. The van der Waals surface area contributed by atoms with Crippen LogP contribution in [0.4, 0.5) is 13.2 Å². The molecular formula is C40H43F3N12O3. The third kappa shape index (κ3) is 13.4. The highest BCUT2D eigenvalue weighted by Crippen LogP contribution is 2.32. The van der Waals surface area contributed by atoms with Gasteiger partial charge in [0.2, 0.25) is 5.91 Å². The second-order valence-electron chi connectivity index (χ2n) is 13.0. The van der Waals surface area contributed by atoms with E-state index in [0.717, 1.165) is 74.1 Å². The number of carbonyl (C=O) groups excluding carboxylic acids is 1. The van der Waals surface area contributed by atoms with Crippen molar-refractivity contribution in [2.24, 2.45) is 5.73 Å². The summed E-state index contributed by atoms with van der Waals surface area (Å²) in [7, 11) is 0. The van der Waals surface area contributed by atoms with E-state index < -0.39 is 17.7 Å². The zero-order chi connectivity index (χ0) is 42.6. The van der Waals surface area contributed by atoms with Gasteiger partial charge in [-0.05, 0) is 84.4 Å². The fourth-order valence-corrected chi connectivity index (χ4v) is 5.25. The highest BCUT2D eigenvalue weighted by Gasteiger charge is 2.31. The minimum atomic E-state index is -4.45. The van der Waals surface area contributed by atoms with Gasteiger partial charge in [-0.1, -0.05) is 17.2 Å². The normalized spacial score (nSPS) is 11.2. The van der Waals surface area contributed by atoms with E-state index in [1.165, 1.54) is 23.2 Å². The van der Waals surface area contributed by atoms with E-state index in [0.29, 0.717) is 30.3 Å². The Labute approximate surface area is 332 Å². The zero-order valence-electron chi connectivity index (χ0n) is 32.9. The van der Waals surface area contributed by atoms with E-state index >= 15 is 0 Å². The van der Waals surface area contributed by atoms with Gasteiger partial charge in [0, 0.05) is 83.7 Å². The topological polar surface area (TPSA) is 205 Å². The molecule has 0 aliphatic heterocycles. The first kappa shape index (κ1) is 43.8. The Kier molecular flexibility index (Phi) is 14.9. The summed E-state index contributed by atoms with van der Waals surface area (Å²) in [6.07, 6.45) is 6.82. The zero-order valence-corrected chi connectivity index (χ0v) is 32.9. The maximum absolute atomic E-state index is 12.8. The van der Waals surface area contributed by atoms with Crippen LogP contribution < -0.4 is 11.1 Å². The summed E-state index contributed by atoms with van der Waals surface area (Å²) in [6.45, 7) is 14.1. The third-order valence-electron chi connectivity index (χ3n) is 7.98. The Morgan fingerprint density at radius 2 is 1.19 bits per heavy atom. The minimum Gasteiger partial charge on any atom is -0.478 e. The SMILES string of the molecule is Cc1cc(-c2ncn(/C=C\C(=O)O)n2)cc(C(F)(F)F)c1.Cc1cc(C)cc(-c2ncn(/C=C\C(=O)NCc3cnc(C)nc3C)n2)c1.Cc1ncc(CN)c(C)n1. The van der Waals surface area contributed by atoms with Gasteiger partial charge in [-0.2, -0.15) is 13.2 Å². The number of amides is 1. The van der Waals surface area contributed by atoms with E-state index in [2.05, 4.69) is 51.5 Å². The lowest BCUT2D eigenvalue weighted by molar-refractivity contribution is -0.137. The molecule has 4 heterocycles. The van der Waals surface area contributed by atoms with Gasteiger partial charge in [-0.15, -0.1) is 10.2 Å². The lowest BCUT2D eigenvalue weighted by Gasteiger charge is -2.09. The van der Waals surface area contributed by atoms with Gasteiger partial charge in [-0.25, -0.2) is 44.1 Å². The number of carbonyl (C=O) groups is 2. The molecule has 0 bridgehead atoms. The summed E-state index contributed by atoms with van der Waals surface area (Å²) in [5, 5.41) is 19.6. The molecule has 0 fully saturated rings. The molecule has 18 heteroatoms. The minimum absolute atomic E-state index is 0.0826. The molecule has 0 unspecified atom stereocenters. The van der Waals surface area contributed by atoms with Crippen molar-refractivity contribution in [3.05, 3.63) is 130 Å². The van der Waals surface area contributed by atoms with Crippen LogP contribution in [0.15, 0.2) is 73.6 Å². The lowest BCUT2D eigenvalue weighted by Crippen LogP contribution is -2.21. The molecule has 1 amide bonds. The van der Waals surface area contributed by atoms with Gasteiger partial charge in [-0.3, -0.25) is 4.79 Å². The van der Waals surface area contributed by atoms with Crippen molar-refractivity contribution in [1.29, 1.82) is 0 Å². The molecule has 0 saturated heterocycles. The molecule has 0 atom stereocenters. The number of nitrogens with two attached hydrogens (primary N) is 1. The molecule has 302 valence electrons. The number of aliphatic carboxylic acids is 1. The third-order valence-corrected chi connectivity index (χ3v) is 7.98.